The highest BCUT2D eigenvalue weighted by Crippen LogP contribution is 2.37. The van der Waals surface area contributed by atoms with Crippen molar-refractivity contribution in [2.75, 3.05) is 12.3 Å². The molecule has 0 aromatic carbocycles. The summed E-state index contributed by atoms with van der Waals surface area (Å²) in [5, 5.41) is 0. The molecule has 0 saturated heterocycles. The number of hydrogen-bond acceptors (Lipinski definition) is 2. The molecule has 84 valence electrons. The summed E-state index contributed by atoms with van der Waals surface area (Å²) < 4.78 is 35.5. The molecular weight excluding hydrogens is 211 g/mol. The molecule has 1 aliphatic rings. The third-order valence-corrected chi connectivity index (χ3v) is 3.64. The summed E-state index contributed by atoms with van der Waals surface area (Å²) in [5.41, 5.74) is 1.48. The second-order valence-electron chi connectivity index (χ2n) is 3.77. The number of alkyl halides is 3. The van der Waals surface area contributed by atoms with Gasteiger partial charge in [0.2, 0.25) is 0 Å². The van der Waals surface area contributed by atoms with Crippen LogP contribution in [0.3, 0.4) is 0 Å². The van der Waals surface area contributed by atoms with Crippen molar-refractivity contribution in [1.82, 2.24) is 0 Å². The van der Waals surface area contributed by atoms with Crippen LogP contribution >= 0.6 is 11.8 Å². The number of thioether (sulfide) groups is 1. The molecule has 14 heavy (non-hydrogen) atoms. The summed E-state index contributed by atoms with van der Waals surface area (Å²) in [7, 11) is 0. The Morgan fingerprint density at radius 1 is 1.21 bits per heavy atom. The Morgan fingerprint density at radius 2 is 1.86 bits per heavy atom. The van der Waals surface area contributed by atoms with E-state index < -0.39 is 5.51 Å². The molecule has 0 radical (unpaired) electrons. The smallest absolute Gasteiger partial charge is 0.330 e. The van der Waals surface area contributed by atoms with Crippen molar-refractivity contribution in [3.05, 3.63) is 0 Å². The fraction of sp³-hybridized carbons (Fsp3) is 1.00. The lowest BCUT2D eigenvalue weighted by Gasteiger charge is -2.17. The monoisotopic (exact) mass is 227 g/mol. The van der Waals surface area contributed by atoms with E-state index in [1.54, 1.807) is 0 Å². The fourth-order valence-electron chi connectivity index (χ4n) is 2.13. The van der Waals surface area contributed by atoms with Gasteiger partial charge in [-0.25, -0.2) is 0 Å². The molecule has 2 atom stereocenters. The van der Waals surface area contributed by atoms with Gasteiger partial charge in [0, 0.05) is 5.75 Å². The van der Waals surface area contributed by atoms with Gasteiger partial charge in [-0.15, -0.1) is 0 Å². The second-order valence-corrected chi connectivity index (χ2v) is 4.93. The van der Waals surface area contributed by atoms with Crippen molar-refractivity contribution in [2.45, 2.75) is 31.2 Å². The maximum Gasteiger partial charge on any atom is 0.441 e. The first kappa shape index (κ1) is 12.2. The standard InChI is InChI=1S/C9H16F3NS/c10-9(11,12)14-5-4-7-2-1-3-8(7)6-13/h7-8H,1-6,13H2. The second kappa shape index (κ2) is 5.26. The predicted octanol–water partition coefficient (Wildman–Crippen LogP) is 3.00. The number of rotatable bonds is 4. The summed E-state index contributed by atoms with van der Waals surface area (Å²) >= 11 is 0.0921. The van der Waals surface area contributed by atoms with Crippen molar-refractivity contribution in [3.63, 3.8) is 0 Å². The highest BCUT2D eigenvalue weighted by Gasteiger charge is 2.30. The minimum atomic E-state index is -4.07. The lowest BCUT2D eigenvalue weighted by molar-refractivity contribution is -0.0328. The SMILES string of the molecule is NCC1CCCC1CCSC(F)(F)F. The molecule has 0 aliphatic heterocycles. The fourth-order valence-corrected chi connectivity index (χ4v) is 2.78. The third-order valence-electron chi connectivity index (χ3n) is 2.87. The van der Waals surface area contributed by atoms with Crippen LogP contribution in [0.25, 0.3) is 0 Å². The van der Waals surface area contributed by atoms with Crippen LogP contribution in [0.4, 0.5) is 13.2 Å². The van der Waals surface area contributed by atoms with Gasteiger partial charge in [0.25, 0.3) is 0 Å². The van der Waals surface area contributed by atoms with E-state index in [-0.39, 0.29) is 17.5 Å². The summed E-state index contributed by atoms with van der Waals surface area (Å²) in [6, 6.07) is 0. The topological polar surface area (TPSA) is 26.0 Å². The Hall–Kier alpha value is 0.100. The van der Waals surface area contributed by atoms with E-state index in [4.69, 9.17) is 5.73 Å². The van der Waals surface area contributed by atoms with Crippen LogP contribution in [0.1, 0.15) is 25.7 Å². The van der Waals surface area contributed by atoms with E-state index in [1.807, 2.05) is 0 Å². The van der Waals surface area contributed by atoms with E-state index in [9.17, 15) is 13.2 Å². The van der Waals surface area contributed by atoms with E-state index in [2.05, 4.69) is 0 Å². The Morgan fingerprint density at radius 3 is 2.43 bits per heavy atom. The first-order chi connectivity index (χ1) is 6.53. The van der Waals surface area contributed by atoms with E-state index in [0.29, 0.717) is 24.8 Å². The van der Waals surface area contributed by atoms with Crippen LogP contribution in [0, 0.1) is 11.8 Å². The van der Waals surface area contributed by atoms with Gasteiger partial charge in [0.05, 0.1) is 0 Å². The summed E-state index contributed by atoms with van der Waals surface area (Å²) in [5.74, 6) is 1.07. The normalized spacial score (nSPS) is 28.3. The van der Waals surface area contributed by atoms with Gasteiger partial charge >= 0.3 is 5.51 Å². The molecule has 0 aromatic rings. The largest absolute Gasteiger partial charge is 0.441 e. The number of halogens is 3. The first-order valence-electron chi connectivity index (χ1n) is 4.93. The molecule has 1 saturated carbocycles. The van der Waals surface area contributed by atoms with Crippen molar-refractivity contribution in [3.8, 4) is 0 Å². The molecule has 1 aliphatic carbocycles. The molecule has 1 rings (SSSR count). The quantitative estimate of drug-likeness (QED) is 0.799. The highest BCUT2D eigenvalue weighted by atomic mass is 32.2. The number of nitrogens with two attached hydrogens (primary N) is 1. The van der Waals surface area contributed by atoms with E-state index in [0.717, 1.165) is 19.3 Å². The zero-order chi connectivity index (χ0) is 10.6. The molecule has 0 heterocycles. The van der Waals surface area contributed by atoms with Gasteiger partial charge in [-0.1, -0.05) is 24.6 Å². The van der Waals surface area contributed by atoms with Gasteiger partial charge in [-0.05, 0) is 31.2 Å². The Labute approximate surface area is 86.6 Å². The van der Waals surface area contributed by atoms with Crippen LogP contribution in [-0.2, 0) is 0 Å². The minimum absolute atomic E-state index is 0.0921. The van der Waals surface area contributed by atoms with Gasteiger partial charge in [-0.3, -0.25) is 0 Å². The van der Waals surface area contributed by atoms with Crippen LogP contribution in [0.15, 0.2) is 0 Å². The average Bonchev–Trinajstić information content (AvgIpc) is 2.49. The molecular formula is C9H16F3NS. The van der Waals surface area contributed by atoms with Gasteiger partial charge in [0.15, 0.2) is 0 Å². The summed E-state index contributed by atoms with van der Waals surface area (Å²) in [4.78, 5) is 0. The van der Waals surface area contributed by atoms with Crippen molar-refractivity contribution >= 4 is 11.8 Å². The van der Waals surface area contributed by atoms with Gasteiger partial charge in [-0.2, -0.15) is 13.2 Å². The van der Waals surface area contributed by atoms with Crippen molar-refractivity contribution in [1.29, 1.82) is 0 Å². The van der Waals surface area contributed by atoms with Crippen LogP contribution in [-0.4, -0.2) is 17.8 Å². The predicted molar refractivity (Wildman–Crippen MR) is 53.0 cm³/mol. The highest BCUT2D eigenvalue weighted by molar-refractivity contribution is 8.00. The lowest BCUT2D eigenvalue weighted by Crippen LogP contribution is -2.19. The molecule has 2 unspecified atom stereocenters. The zero-order valence-electron chi connectivity index (χ0n) is 8.02. The zero-order valence-corrected chi connectivity index (χ0v) is 8.83. The summed E-state index contributed by atoms with van der Waals surface area (Å²) in [6.07, 6.45) is 3.94. The Bertz CT molecular complexity index is 172. The van der Waals surface area contributed by atoms with Crippen LogP contribution in [0.2, 0.25) is 0 Å². The summed E-state index contributed by atoms with van der Waals surface area (Å²) in [6.45, 7) is 0.626. The maximum atomic E-state index is 11.8. The molecule has 2 N–H and O–H groups in total. The van der Waals surface area contributed by atoms with E-state index >= 15 is 0 Å². The average molecular weight is 227 g/mol. The molecule has 0 amide bonds. The Kier molecular flexibility index (Phi) is 4.57. The maximum absolute atomic E-state index is 11.8. The molecule has 0 bridgehead atoms. The van der Waals surface area contributed by atoms with Crippen LogP contribution in [0.5, 0.6) is 0 Å². The molecule has 0 aromatic heterocycles. The third kappa shape index (κ3) is 4.09. The van der Waals surface area contributed by atoms with E-state index in [1.165, 1.54) is 0 Å². The lowest BCUT2D eigenvalue weighted by atomic mass is 9.94. The minimum Gasteiger partial charge on any atom is -0.330 e. The van der Waals surface area contributed by atoms with Crippen molar-refractivity contribution in [2.24, 2.45) is 17.6 Å². The molecule has 5 heteroatoms. The van der Waals surface area contributed by atoms with Crippen LogP contribution < -0.4 is 5.73 Å². The Balaban J connectivity index is 2.18. The van der Waals surface area contributed by atoms with Gasteiger partial charge in [0.1, 0.15) is 0 Å². The molecule has 1 nitrogen and oxygen atoms in total. The molecule has 1 fully saturated rings. The number of hydrogen-bond donors (Lipinski definition) is 1. The molecule has 0 spiro atoms. The first-order valence-corrected chi connectivity index (χ1v) is 5.92. The van der Waals surface area contributed by atoms with Crippen molar-refractivity contribution < 1.29 is 13.2 Å². The van der Waals surface area contributed by atoms with Gasteiger partial charge < -0.3 is 5.73 Å².